The Kier molecular flexibility index (Phi) is 5.64. The molecule has 3 aromatic rings. The number of likely N-dealkylation sites (tertiary alicyclic amines) is 1. The van der Waals surface area contributed by atoms with Gasteiger partial charge in [0.05, 0.1) is 17.6 Å². The average Bonchev–Trinajstić information content (AvgIpc) is 3.39. The summed E-state index contributed by atoms with van der Waals surface area (Å²) in [4.78, 5) is 28.2. The van der Waals surface area contributed by atoms with Gasteiger partial charge >= 0.3 is 0 Å². The van der Waals surface area contributed by atoms with Crippen molar-refractivity contribution in [3.63, 3.8) is 0 Å². The molecule has 154 valence electrons. The number of rotatable bonds is 7. The van der Waals surface area contributed by atoms with Crippen LogP contribution in [0.2, 0.25) is 0 Å². The first-order chi connectivity index (χ1) is 14.1. The lowest BCUT2D eigenvalue weighted by molar-refractivity contribution is 0.0936. The Labute approximate surface area is 169 Å². The highest BCUT2D eigenvalue weighted by Crippen LogP contribution is 2.17. The van der Waals surface area contributed by atoms with Gasteiger partial charge in [-0.05, 0) is 38.1 Å². The first kappa shape index (κ1) is 19.6. The number of hydrogen-bond acceptors (Lipinski definition) is 5. The second kappa shape index (κ2) is 8.34. The van der Waals surface area contributed by atoms with Gasteiger partial charge in [0.1, 0.15) is 5.52 Å². The number of methoxy groups -OCH3 is 1. The number of carbonyl (C=O) groups excluding carboxylic acids is 1. The van der Waals surface area contributed by atoms with E-state index in [1.54, 1.807) is 22.3 Å². The molecule has 2 aromatic heterocycles. The number of fused-ring (bicyclic) bond motifs is 3. The van der Waals surface area contributed by atoms with Crippen molar-refractivity contribution in [2.75, 3.05) is 33.4 Å². The molecule has 29 heavy (non-hydrogen) atoms. The second-order valence-corrected chi connectivity index (χ2v) is 7.40. The van der Waals surface area contributed by atoms with Crippen molar-refractivity contribution in [1.82, 2.24) is 24.4 Å². The maximum atomic E-state index is 13.0. The van der Waals surface area contributed by atoms with Gasteiger partial charge in [-0.1, -0.05) is 19.1 Å². The van der Waals surface area contributed by atoms with Gasteiger partial charge in [0.2, 0.25) is 0 Å². The van der Waals surface area contributed by atoms with E-state index in [9.17, 15) is 9.59 Å². The summed E-state index contributed by atoms with van der Waals surface area (Å²) in [5.41, 5.74) is 2.02. The summed E-state index contributed by atoms with van der Waals surface area (Å²) in [6, 6.07) is 9.51. The fourth-order valence-electron chi connectivity index (χ4n) is 4.20. The summed E-state index contributed by atoms with van der Waals surface area (Å²) in [7, 11) is 1.61. The predicted molar refractivity (Wildman–Crippen MR) is 111 cm³/mol. The standard InChI is InChI=1S/C21H27N5O3/c1-3-24-10-6-7-15(24)14-22-20(27)16-13-19-21(28)25(11-12-29-2)17-8-4-5-9-18(17)26(19)23-16/h4-5,8-9,13,15H,3,6-7,10-12,14H2,1-2H3,(H,22,27)/t15-/m0/s1. The molecule has 1 amide bonds. The van der Waals surface area contributed by atoms with Crippen LogP contribution in [0, 0.1) is 0 Å². The molecule has 0 aliphatic carbocycles. The Morgan fingerprint density at radius 3 is 2.83 bits per heavy atom. The SMILES string of the molecule is CCN1CCC[C@H]1CNC(=O)c1cc2c(=O)n(CCOC)c3ccccc3n2n1. The van der Waals surface area contributed by atoms with Crippen molar-refractivity contribution in [3.8, 4) is 0 Å². The molecular weight excluding hydrogens is 370 g/mol. The summed E-state index contributed by atoms with van der Waals surface area (Å²) < 4.78 is 8.40. The third-order valence-corrected chi connectivity index (χ3v) is 5.73. The van der Waals surface area contributed by atoms with E-state index in [1.807, 2.05) is 24.3 Å². The third-order valence-electron chi connectivity index (χ3n) is 5.73. The van der Waals surface area contributed by atoms with E-state index in [-0.39, 0.29) is 17.2 Å². The van der Waals surface area contributed by atoms with E-state index in [2.05, 4.69) is 22.2 Å². The Morgan fingerprint density at radius 2 is 2.07 bits per heavy atom. The molecule has 1 N–H and O–H groups in total. The van der Waals surface area contributed by atoms with Crippen LogP contribution in [0.1, 0.15) is 30.3 Å². The van der Waals surface area contributed by atoms with E-state index in [4.69, 9.17) is 4.74 Å². The molecule has 0 spiro atoms. The van der Waals surface area contributed by atoms with Gasteiger partial charge in [0, 0.05) is 32.3 Å². The largest absolute Gasteiger partial charge is 0.383 e. The number of likely N-dealkylation sites (N-methyl/N-ethyl adjacent to an activating group) is 1. The van der Waals surface area contributed by atoms with E-state index in [0.717, 1.165) is 37.0 Å². The van der Waals surface area contributed by atoms with Gasteiger partial charge < -0.3 is 14.6 Å². The minimum Gasteiger partial charge on any atom is -0.383 e. The summed E-state index contributed by atoms with van der Waals surface area (Å²) in [5.74, 6) is -0.247. The van der Waals surface area contributed by atoms with Crippen molar-refractivity contribution < 1.29 is 9.53 Å². The minimum atomic E-state index is -0.247. The molecule has 0 saturated carbocycles. The highest BCUT2D eigenvalue weighted by atomic mass is 16.5. The van der Waals surface area contributed by atoms with Crippen molar-refractivity contribution >= 4 is 22.5 Å². The molecule has 1 saturated heterocycles. The highest BCUT2D eigenvalue weighted by molar-refractivity contribution is 5.94. The maximum Gasteiger partial charge on any atom is 0.277 e. The Balaban J connectivity index is 1.66. The van der Waals surface area contributed by atoms with Crippen molar-refractivity contribution in [2.24, 2.45) is 0 Å². The molecule has 1 aliphatic rings. The normalized spacial score (nSPS) is 17.4. The molecule has 0 unspecified atom stereocenters. The number of carbonyl (C=O) groups is 1. The van der Waals surface area contributed by atoms with Crippen LogP contribution in [0.5, 0.6) is 0 Å². The van der Waals surface area contributed by atoms with Gasteiger partial charge in [-0.15, -0.1) is 0 Å². The van der Waals surface area contributed by atoms with Crippen LogP contribution in [-0.2, 0) is 11.3 Å². The van der Waals surface area contributed by atoms with E-state index < -0.39 is 0 Å². The number of hydrogen-bond donors (Lipinski definition) is 1. The number of nitrogens with zero attached hydrogens (tertiary/aromatic N) is 4. The molecular formula is C21H27N5O3. The number of aromatic nitrogens is 3. The van der Waals surface area contributed by atoms with Crippen LogP contribution in [0.25, 0.3) is 16.6 Å². The van der Waals surface area contributed by atoms with Gasteiger partial charge in [0.25, 0.3) is 11.5 Å². The molecule has 1 aliphatic heterocycles. The van der Waals surface area contributed by atoms with Crippen molar-refractivity contribution in [3.05, 3.63) is 46.4 Å². The molecule has 8 nitrogen and oxygen atoms in total. The topological polar surface area (TPSA) is 80.9 Å². The zero-order valence-electron chi connectivity index (χ0n) is 16.9. The summed E-state index contributed by atoms with van der Waals surface area (Å²) >= 11 is 0. The summed E-state index contributed by atoms with van der Waals surface area (Å²) in [6.45, 7) is 5.67. The van der Waals surface area contributed by atoms with Crippen LogP contribution in [0.15, 0.2) is 35.1 Å². The Hall–Kier alpha value is -2.71. The maximum absolute atomic E-state index is 13.0. The molecule has 0 radical (unpaired) electrons. The molecule has 3 heterocycles. The molecule has 1 fully saturated rings. The second-order valence-electron chi connectivity index (χ2n) is 7.40. The monoisotopic (exact) mass is 397 g/mol. The molecule has 8 heteroatoms. The highest BCUT2D eigenvalue weighted by Gasteiger charge is 2.24. The van der Waals surface area contributed by atoms with Crippen LogP contribution < -0.4 is 10.9 Å². The van der Waals surface area contributed by atoms with Crippen molar-refractivity contribution in [1.29, 1.82) is 0 Å². The van der Waals surface area contributed by atoms with Crippen LogP contribution in [-0.4, -0.2) is 64.4 Å². The lowest BCUT2D eigenvalue weighted by Gasteiger charge is -2.22. The fraction of sp³-hybridized carbons (Fsp3) is 0.476. The van der Waals surface area contributed by atoms with Crippen LogP contribution >= 0.6 is 0 Å². The van der Waals surface area contributed by atoms with Gasteiger partial charge in [0.15, 0.2) is 5.69 Å². The van der Waals surface area contributed by atoms with E-state index >= 15 is 0 Å². The number of amides is 1. The number of ether oxygens (including phenoxy) is 1. The van der Waals surface area contributed by atoms with Gasteiger partial charge in [-0.25, -0.2) is 4.52 Å². The summed E-state index contributed by atoms with van der Waals surface area (Å²) in [5, 5.41) is 7.45. The number of benzene rings is 1. The zero-order valence-corrected chi connectivity index (χ0v) is 16.9. The minimum absolute atomic E-state index is 0.180. The smallest absolute Gasteiger partial charge is 0.277 e. The first-order valence-electron chi connectivity index (χ1n) is 10.2. The predicted octanol–water partition coefficient (Wildman–Crippen LogP) is 1.51. The molecule has 4 rings (SSSR count). The molecule has 1 atom stereocenters. The Morgan fingerprint density at radius 1 is 1.28 bits per heavy atom. The summed E-state index contributed by atoms with van der Waals surface area (Å²) in [6.07, 6.45) is 2.25. The van der Waals surface area contributed by atoms with Gasteiger partial charge in [-0.2, -0.15) is 5.10 Å². The fourth-order valence-corrected chi connectivity index (χ4v) is 4.20. The van der Waals surface area contributed by atoms with Crippen molar-refractivity contribution in [2.45, 2.75) is 32.4 Å². The van der Waals surface area contributed by atoms with E-state index in [1.165, 1.54) is 0 Å². The first-order valence-corrected chi connectivity index (χ1v) is 10.2. The molecule has 0 bridgehead atoms. The lowest BCUT2D eigenvalue weighted by atomic mass is 10.2. The van der Waals surface area contributed by atoms with Crippen LogP contribution in [0.3, 0.4) is 0 Å². The number of nitrogens with one attached hydrogen (secondary N) is 1. The third kappa shape index (κ3) is 3.65. The average molecular weight is 397 g/mol. The van der Waals surface area contributed by atoms with Gasteiger partial charge in [-0.3, -0.25) is 14.5 Å². The number of para-hydroxylation sites is 2. The molecule has 1 aromatic carbocycles. The Bertz CT molecular complexity index is 1090. The lowest BCUT2D eigenvalue weighted by Crippen LogP contribution is -2.40. The van der Waals surface area contributed by atoms with Crippen LogP contribution in [0.4, 0.5) is 0 Å². The quantitative estimate of drug-likeness (QED) is 0.654. The zero-order chi connectivity index (χ0) is 20.4. The van der Waals surface area contributed by atoms with E-state index in [0.29, 0.717) is 31.3 Å².